The molecule has 0 fully saturated rings. The third-order valence-electron chi connectivity index (χ3n) is 6.93. The Morgan fingerprint density at radius 3 is 1.16 bits per heavy atom. The zero-order valence-electron chi connectivity index (χ0n) is 22.7. The van der Waals surface area contributed by atoms with Crippen molar-refractivity contribution < 1.29 is 4.79 Å². The molecule has 0 saturated heterocycles. The molecule has 0 spiro atoms. The molecule has 192 valence electrons. The molecule has 0 atom stereocenters. The Morgan fingerprint density at radius 2 is 0.781 bits per heavy atom. The predicted molar refractivity (Wildman–Crippen MR) is 144 cm³/mol. The molecule has 0 aliphatic rings. The van der Waals surface area contributed by atoms with Gasteiger partial charge in [0.1, 0.15) is 0 Å². The molecule has 1 N–H and O–H groups in total. The molecular weight excluding hydrogens is 390 g/mol. The van der Waals surface area contributed by atoms with Crippen LogP contribution in [-0.4, -0.2) is 11.9 Å². The lowest BCUT2D eigenvalue weighted by Crippen LogP contribution is -2.34. The van der Waals surface area contributed by atoms with E-state index in [1.54, 1.807) is 0 Å². The number of hydrogen-bond acceptors (Lipinski definition) is 1. The number of hydrogen-bond donors (Lipinski definition) is 1. The fourth-order valence-corrected chi connectivity index (χ4v) is 4.70. The molecule has 0 bridgehead atoms. The fourth-order valence-electron chi connectivity index (χ4n) is 4.70. The summed E-state index contributed by atoms with van der Waals surface area (Å²) in [4.78, 5) is 12.5. The van der Waals surface area contributed by atoms with Crippen molar-refractivity contribution in [1.82, 2.24) is 5.32 Å². The summed E-state index contributed by atoms with van der Waals surface area (Å²) < 4.78 is 0. The van der Waals surface area contributed by atoms with Crippen molar-refractivity contribution in [2.24, 2.45) is 0 Å². The highest BCUT2D eigenvalue weighted by Gasteiger charge is 2.12. The summed E-state index contributed by atoms with van der Waals surface area (Å²) in [7, 11) is 0. The van der Waals surface area contributed by atoms with Gasteiger partial charge in [0.15, 0.2) is 0 Å². The lowest BCUT2D eigenvalue weighted by atomic mass is 10.00. The Morgan fingerprint density at radius 1 is 0.469 bits per heavy atom. The van der Waals surface area contributed by atoms with Crippen LogP contribution in [0.4, 0.5) is 0 Å². The third-order valence-corrected chi connectivity index (χ3v) is 6.93. The van der Waals surface area contributed by atoms with E-state index in [1.165, 1.54) is 148 Å². The first-order chi connectivity index (χ1) is 15.7. The number of unbranched alkanes of at least 4 members (excludes halogenated alkanes) is 19. The first kappa shape index (κ1) is 31.5. The smallest absolute Gasteiger partial charge is 0.220 e. The van der Waals surface area contributed by atoms with Crippen molar-refractivity contribution in [3.05, 3.63) is 0 Å². The van der Waals surface area contributed by atoms with Gasteiger partial charge >= 0.3 is 0 Å². The zero-order valence-corrected chi connectivity index (χ0v) is 22.7. The number of amides is 1. The van der Waals surface area contributed by atoms with Crippen molar-refractivity contribution in [1.29, 1.82) is 0 Å². The second-order valence-corrected chi connectivity index (χ2v) is 10.3. The Labute approximate surface area is 203 Å². The summed E-state index contributed by atoms with van der Waals surface area (Å²) >= 11 is 0. The van der Waals surface area contributed by atoms with Gasteiger partial charge in [0.05, 0.1) is 0 Å². The molecule has 0 aliphatic heterocycles. The summed E-state index contributed by atoms with van der Waals surface area (Å²) in [5.41, 5.74) is 0. The van der Waals surface area contributed by atoms with Gasteiger partial charge in [-0.25, -0.2) is 0 Å². The topological polar surface area (TPSA) is 29.1 Å². The van der Waals surface area contributed by atoms with Gasteiger partial charge in [-0.3, -0.25) is 4.79 Å². The Kier molecular flexibility index (Phi) is 26.3. The standard InChI is InChI=1S/C30H61NO/c1-4-7-10-13-14-15-16-17-18-19-22-25-28-30(32)31-29(26-23-20-11-8-5-2)27-24-21-12-9-6-3/h29H,4-28H2,1-3H3,(H,31,32). The van der Waals surface area contributed by atoms with E-state index >= 15 is 0 Å². The first-order valence-corrected chi connectivity index (χ1v) is 15.0. The molecule has 2 heteroatoms. The van der Waals surface area contributed by atoms with Crippen LogP contribution in [0.5, 0.6) is 0 Å². The largest absolute Gasteiger partial charge is 0.353 e. The van der Waals surface area contributed by atoms with Crippen LogP contribution < -0.4 is 5.32 Å². The van der Waals surface area contributed by atoms with Crippen LogP contribution in [0.2, 0.25) is 0 Å². The minimum Gasteiger partial charge on any atom is -0.353 e. The Hall–Kier alpha value is -0.530. The van der Waals surface area contributed by atoms with E-state index in [0.717, 1.165) is 12.8 Å². The zero-order chi connectivity index (χ0) is 23.5. The minimum atomic E-state index is 0.309. The van der Waals surface area contributed by atoms with Gasteiger partial charge < -0.3 is 5.32 Å². The monoisotopic (exact) mass is 451 g/mol. The molecule has 2 nitrogen and oxygen atoms in total. The number of carbonyl (C=O) groups excluding carboxylic acids is 1. The second-order valence-electron chi connectivity index (χ2n) is 10.3. The molecule has 0 saturated carbocycles. The summed E-state index contributed by atoms with van der Waals surface area (Å²) in [5, 5.41) is 3.40. The molecule has 0 radical (unpaired) electrons. The van der Waals surface area contributed by atoms with E-state index in [-0.39, 0.29) is 0 Å². The van der Waals surface area contributed by atoms with Crippen molar-refractivity contribution >= 4 is 5.91 Å². The predicted octanol–water partition coefficient (Wildman–Crippen LogP) is 10.3. The summed E-state index contributed by atoms with van der Waals surface area (Å²) in [6.45, 7) is 6.83. The minimum absolute atomic E-state index is 0.309. The molecule has 0 unspecified atom stereocenters. The highest BCUT2D eigenvalue weighted by molar-refractivity contribution is 5.76. The average molecular weight is 452 g/mol. The number of rotatable bonds is 26. The van der Waals surface area contributed by atoms with E-state index in [9.17, 15) is 4.79 Å². The summed E-state index contributed by atoms with van der Waals surface area (Å²) in [5.74, 6) is 0.309. The Bertz CT molecular complexity index is 354. The molecule has 0 heterocycles. The summed E-state index contributed by atoms with van der Waals surface area (Å²) in [6.07, 6.45) is 32.5. The quantitative estimate of drug-likeness (QED) is 0.130. The van der Waals surface area contributed by atoms with Crippen LogP contribution >= 0.6 is 0 Å². The van der Waals surface area contributed by atoms with Gasteiger partial charge in [-0.2, -0.15) is 0 Å². The number of carbonyl (C=O) groups is 1. The highest BCUT2D eigenvalue weighted by Crippen LogP contribution is 2.15. The molecule has 0 aromatic heterocycles. The molecular formula is C30H61NO. The van der Waals surface area contributed by atoms with Crippen LogP contribution in [0.25, 0.3) is 0 Å². The highest BCUT2D eigenvalue weighted by atomic mass is 16.1. The molecule has 1 amide bonds. The van der Waals surface area contributed by atoms with E-state index in [4.69, 9.17) is 0 Å². The van der Waals surface area contributed by atoms with E-state index in [2.05, 4.69) is 26.1 Å². The molecule has 0 aliphatic carbocycles. The Balaban J connectivity index is 3.79. The van der Waals surface area contributed by atoms with Crippen molar-refractivity contribution in [2.45, 2.75) is 187 Å². The molecule has 0 aromatic rings. The van der Waals surface area contributed by atoms with E-state index in [0.29, 0.717) is 11.9 Å². The van der Waals surface area contributed by atoms with Crippen molar-refractivity contribution in [3.63, 3.8) is 0 Å². The van der Waals surface area contributed by atoms with Crippen molar-refractivity contribution in [2.75, 3.05) is 0 Å². The van der Waals surface area contributed by atoms with Gasteiger partial charge in [-0.1, -0.05) is 156 Å². The summed E-state index contributed by atoms with van der Waals surface area (Å²) in [6, 6.07) is 0.420. The maximum absolute atomic E-state index is 12.5. The van der Waals surface area contributed by atoms with Crippen LogP contribution in [0.1, 0.15) is 181 Å². The normalized spacial score (nSPS) is 11.4. The van der Waals surface area contributed by atoms with Gasteiger partial charge in [0.2, 0.25) is 5.91 Å². The van der Waals surface area contributed by atoms with E-state index in [1.807, 2.05) is 0 Å². The SMILES string of the molecule is CCCCCCCCCCCCCCC(=O)NC(CCCCCCC)CCCCCCC. The first-order valence-electron chi connectivity index (χ1n) is 15.0. The second kappa shape index (κ2) is 26.7. The van der Waals surface area contributed by atoms with Gasteiger partial charge in [0.25, 0.3) is 0 Å². The fraction of sp³-hybridized carbons (Fsp3) is 0.967. The van der Waals surface area contributed by atoms with Crippen LogP contribution in [0, 0.1) is 0 Å². The van der Waals surface area contributed by atoms with Crippen LogP contribution in [0.15, 0.2) is 0 Å². The van der Waals surface area contributed by atoms with Gasteiger partial charge in [-0.15, -0.1) is 0 Å². The molecule has 0 rings (SSSR count). The lowest BCUT2D eigenvalue weighted by Gasteiger charge is -2.19. The molecule has 32 heavy (non-hydrogen) atoms. The average Bonchev–Trinajstić information content (AvgIpc) is 2.79. The van der Waals surface area contributed by atoms with Crippen LogP contribution in [0.3, 0.4) is 0 Å². The maximum atomic E-state index is 12.5. The van der Waals surface area contributed by atoms with Crippen molar-refractivity contribution in [3.8, 4) is 0 Å². The van der Waals surface area contributed by atoms with Gasteiger partial charge in [-0.05, 0) is 19.3 Å². The molecule has 0 aromatic carbocycles. The van der Waals surface area contributed by atoms with E-state index < -0.39 is 0 Å². The van der Waals surface area contributed by atoms with Crippen LogP contribution in [-0.2, 0) is 4.79 Å². The maximum Gasteiger partial charge on any atom is 0.220 e. The number of nitrogens with one attached hydrogen (secondary N) is 1. The van der Waals surface area contributed by atoms with Gasteiger partial charge in [0, 0.05) is 12.5 Å². The third kappa shape index (κ3) is 24.1. The lowest BCUT2D eigenvalue weighted by molar-refractivity contribution is -0.122.